The molecule has 2 aromatic rings. The van der Waals surface area contributed by atoms with Crippen molar-refractivity contribution in [2.24, 2.45) is 0 Å². The molecule has 2 aromatic carbocycles. The summed E-state index contributed by atoms with van der Waals surface area (Å²) >= 11 is 4.17. The summed E-state index contributed by atoms with van der Waals surface area (Å²) in [5.41, 5.74) is 5.51. The van der Waals surface area contributed by atoms with Crippen LogP contribution in [0, 0.1) is 0 Å². The van der Waals surface area contributed by atoms with Gasteiger partial charge in [0.1, 0.15) is 0 Å². The van der Waals surface area contributed by atoms with E-state index >= 15 is 0 Å². The molecule has 104 valence electrons. The molecule has 0 spiro atoms. The van der Waals surface area contributed by atoms with Crippen molar-refractivity contribution in [3.05, 3.63) is 76.2 Å². The minimum absolute atomic E-state index is 0.213. The molecular formula is C19H22S. The summed E-state index contributed by atoms with van der Waals surface area (Å²) in [5, 5.41) is 1.79. The second-order valence-electron chi connectivity index (χ2n) is 6.14. The molecule has 0 unspecified atom stereocenters. The van der Waals surface area contributed by atoms with Crippen LogP contribution >= 0.6 is 12.6 Å². The molecule has 0 atom stereocenters. The van der Waals surface area contributed by atoms with Gasteiger partial charge in [0, 0.05) is 0 Å². The molecule has 0 radical (unpaired) electrons. The van der Waals surface area contributed by atoms with Crippen molar-refractivity contribution >= 4 is 18.7 Å². The van der Waals surface area contributed by atoms with Gasteiger partial charge in [0.15, 0.2) is 0 Å². The van der Waals surface area contributed by atoms with Crippen molar-refractivity contribution in [3.8, 4) is 0 Å². The highest BCUT2D eigenvalue weighted by molar-refractivity contribution is 7.83. The molecule has 1 heteroatoms. The Morgan fingerprint density at radius 2 is 1.60 bits per heavy atom. The van der Waals surface area contributed by atoms with Crippen LogP contribution in [0.2, 0.25) is 0 Å². The highest BCUT2D eigenvalue weighted by atomic mass is 32.1. The number of thiol groups is 1. The summed E-state index contributed by atoms with van der Waals surface area (Å²) in [4.78, 5) is 0. The Bertz CT molecular complexity index is 586. The van der Waals surface area contributed by atoms with Gasteiger partial charge in [-0.2, -0.15) is 12.6 Å². The van der Waals surface area contributed by atoms with Gasteiger partial charge in [-0.1, -0.05) is 69.3 Å². The molecule has 0 nitrogen and oxygen atoms in total. The second kappa shape index (κ2) is 6.32. The van der Waals surface area contributed by atoms with E-state index in [0.29, 0.717) is 0 Å². The van der Waals surface area contributed by atoms with Crippen LogP contribution < -0.4 is 0 Å². The summed E-state index contributed by atoms with van der Waals surface area (Å²) < 4.78 is 0. The van der Waals surface area contributed by atoms with Crippen LogP contribution in [0.3, 0.4) is 0 Å². The fraction of sp³-hybridized carbons (Fsp3) is 0.263. The normalized spacial score (nSPS) is 12.0. The van der Waals surface area contributed by atoms with Crippen molar-refractivity contribution in [1.82, 2.24) is 0 Å². The Morgan fingerprint density at radius 1 is 0.950 bits per heavy atom. The van der Waals surface area contributed by atoms with Crippen molar-refractivity contribution in [2.45, 2.75) is 32.6 Å². The predicted molar refractivity (Wildman–Crippen MR) is 92.4 cm³/mol. The van der Waals surface area contributed by atoms with Gasteiger partial charge in [0.2, 0.25) is 0 Å². The molecule has 0 aliphatic heterocycles. The van der Waals surface area contributed by atoms with Crippen LogP contribution in [-0.2, 0) is 11.8 Å². The van der Waals surface area contributed by atoms with Crippen LogP contribution in [0.5, 0.6) is 0 Å². The lowest BCUT2D eigenvalue weighted by atomic mass is 9.86. The van der Waals surface area contributed by atoms with Crippen molar-refractivity contribution in [3.63, 3.8) is 0 Å². The average Bonchev–Trinajstić information content (AvgIpc) is 2.41. The van der Waals surface area contributed by atoms with Gasteiger partial charge in [0.25, 0.3) is 0 Å². The molecule has 0 saturated heterocycles. The molecule has 0 aliphatic carbocycles. The van der Waals surface area contributed by atoms with Crippen LogP contribution in [-0.4, -0.2) is 0 Å². The topological polar surface area (TPSA) is 0 Å². The molecule has 0 saturated carbocycles. The standard InChI is InChI=1S/C19H22S/c1-19(2,3)18-10-8-15(9-11-18)14-17-7-5-4-6-16(17)12-13-20/h4-13,20H,14H2,1-3H3/b13-12-. The van der Waals surface area contributed by atoms with Crippen molar-refractivity contribution < 1.29 is 0 Å². The van der Waals surface area contributed by atoms with Crippen LogP contribution in [0.25, 0.3) is 6.08 Å². The Morgan fingerprint density at radius 3 is 2.20 bits per heavy atom. The summed E-state index contributed by atoms with van der Waals surface area (Å²) in [6.45, 7) is 6.73. The molecule has 0 amide bonds. The summed E-state index contributed by atoms with van der Waals surface area (Å²) in [6, 6.07) is 17.4. The number of rotatable bonds is 3. The highest BCUT2D eigenvalue weighted by Gasteiger charge is 2.12. The highest BCUT2D eigenvalue weighted by Crippen LogP contribution is 2.23. The van der Waals surface area contributed by atoms with Gasteiger partial charge in [0.05, 0.1) is 0 Å². The van der Waals surface area contributed by atoms with E-state index in [4.69, 9.17) is 0 Å². The van der Waals surface area contributed by atoms with E-state index in [1.165, 1.54) is 22.3 Å². The predicted octanol–water partition coefficient (Wildman–Crippen LogP) is 5.48. The van der Waals surface area contributed by atoms with Crippen LogP contribution in [0.1, 0.15) is 43.0 Å². The number of hydrogen-bond acceptors (Lipinski definition) is 1. The first kappa shape index (κ1) is 14.9. The third-order valence-electron chi connectivity index (χ3n) is 3.52. The molecule has 0 heterocycles. The van der Waals surface area contributed by atoms with Gasteiger partial charge in [-0.05, 0) is 45.6 Å². The maximum atomic E-state index is 4.17. The van der Waals surface area contributed by atoms with Crippen molar-refractivity contribution in [1.29, 1.82) is 0 Å². The lowest BCUT2D eigenvalue weighted by Crippen LogP contribution is -2.10. The van der Waals surface area contributed by atoms with Crippen LogP contribution in [0.15, 0.2) is 53.9 Å². The largest absolute Gasteiger partial charge is 0.151 e. The minimum atomic E-state index is 0.213. The maximum absolute atomic E-state index is 4.17. The van der Waals surface area contributed by atoms with E-state index < -0.39 is 0 Å². The van der Waals surface area contributed by atoms with Gasteiger partial charge in [-0.15, -0.1) is 0 Å². The smallest absolute Gasteiger partial charge is 0.00198 e. The first-order chi connectivity index (χ1) is 9.50. The van der Waals surface area contributed by atoms with Gasteiger partial charge in [-0.3, -0.25) is 0 Å². The summed E-state index contributed by atoms with van der Waals surface area (Å²) in [6.07, 6.45) is 3.00. The monoisotopic (exact) mass is 282 g/mol. The van der Waals surface area contributed by atoms with E-state index in [-0.39, 0.29) is 5.41 Å². The average molecular weight is 282 g/mol. The van der Waals surface area contributed by atoms with E-state index in [9.17, 15) is 0 Å². The zero-order chi connectivity index (χ0) is 14.6. The Labute approximate surface area is 128 Å². The molecule has 2 rings (SSSR count). The van der Waals surface area contributed by atoms with Crippen molar-refractivity contribution in [2.75, 3.05) is 0 Å². The zero-order valence-electron chi connectivity index (χ0n) is 12.4. The lowest BCUT2D eigenvalue weighted by Gasteiger charge is -2.19. The molecule has 0 fully saturated rings. The van der Waals surface area contributed by atoms with E-state index in [1.807, 2.05) is 6.08 Å². The molecular weight excluding hydrogens is 260 g/mol. The fourth-order valence-corrected chi connectivity index (χ4v) is 2.44. The zero-order valence-corrected chi connectivity index (χ0v) is 13.3. The number of hydrogen-bond donors (Lipinski definition) is 1. The Kier molecular flexibility index (Phi) is 4.72. The first-order valence-electron chi connectivity index (χ1n) is 6.99. The third-order valence-corrected chi connectivity index (χ3v) is 3.67. The van der Waals surface area contributed by atoms with E-state index in [2.05, 4.69) is 81.9 Å². The molecule has 0 aromatic heterocycles. The fourth-order valence-electron chi connectivity index (χ4n) is 2.28. The molecule has 0 N–H and O–H groups in total. The minimum Gasteiger partial charge on any atom is -0.151 e. The molecule has 0 aliphatic rings. The van der Waals surface area contributed by atoms with Gasteiger partial charge >= 0.3 is 0 Å². The lowest BCUT2D eigenvalue weighted by molar-refractivity contribution is 0.590. The second-order valence-corrected chi connectivity index (χ2v) is 6.44. The van der Waals surface area contributed by atoms with Crippen LogP contribution in [0.4, 0.5) is 0 Å². The maximum Gasteiger partial charge on any atom is -0.00198 e. The summed E-state index contributed by atoms with van der Waals surface area (Å²) in [7, 11) is 0. The quantitative estimate of drug-likeness (QED) is 0.708. The van der Waals surface area contributed by atoms with E-state index in [1.54, 1.807) is 5.41 Å². The van der Waals surface area contributed by atoms with Gasteiger partial charge in [-0.25, -0.2) is 0 Å². The SMILES string of the molecule is CC(C)(C)c1ccc(Cc2ccccc2/C=C\S)cc1. The Balaban J connectivity index is 2.23. The Hall–Kier alpha value is -1.47. The number of benzene rings is 2. The van der Waals surface area contributed by atoms with Gasteiger partial charge < -0.3 is 0 Å². The third kappa shape index (κ3) is 3.77. The summed E-state index contributed by atoms with van der Waals surface area (Å²) in [5.74, 6) is 0. The van der Waals surface area contributed by atoms with E-state index in [0.717, 1.165) is 6.42 Å². The first-order valence-corrected chi connectivity index (χ1v) is 7.50. The molecule has 0 bridgehead atoms. The molecule has 20 heavy (non-hydrogen) atoms.